The molecule has 0 bridgehead atoms. The van der Waals surface area contributed by atoms with Crippen molar-refractivity contribution in [2.24, 2.45) is 17.8 Å². The van der Waals surface area contributed by atoms with Crippen LogP contribution in [0.25, 0.3) is 0 Å². The van der Waals surface area contributed by atoms with Gasteiger partial charge in [0, 0.05) is 29.4 Å². The summed E-state index contributed by atoms with van der Waals surface area (Å²) in [6, 6.07) is 12.8. The van der Waals surface area contributed by atoms with E-state index in [1.165, 1.54) is 16.7 Å². The molecule has 1 heterocycles. The van der Waals surface area contributed by atoms with Gasteiger partial charge in [-0.3, -0.25) is 19.8 Å². The first-order valence-electron chi connectivity index (χ1n) is 16.4. The molecule has 0 aliphatic carbocycles. The van der Waals surface area contributed by atoms with E-state index in [4.69, 9.17) is 21.7 Å². The third-order valence-electron chi connectivity index (χ3n) is 9.33. The molecular formula is C35H56N2O5S2Si. The third-order valence-corrected chi connectivity index (χ3v) is 15.8. The van der Waals surface area contributed by atoms with E-state index in [2.05, 4.69) is 37.6 Å². The van der Waals surface area contributed by atoms with Crippen molar-refractivity contribution in [1.29, 1.82) is 0 Å². The number of imide groups is 1. The molecule has 1 aromatic carbocycles. The first kappa shape index (κ1) is 39.6. The minimum atomic E-state index is -1.78. The maximum Gasteiger partial charge on any atom is 0.239 e. The molecule has 1 aliphatic heterocycles. The van der Waals surface area contributed by atoms with Crippen LogP contribution in [0, 0.1) is 29.2 Å². The van der Waals surface area contributed by atoms with E-state index in [1.807, 2.05) is 78.8 Å². The lowest BCUT2D eigenvalue weighted by atomic mass is 9.75. The predicted molar refractivity (Wildman–Crippen MR) is 193 cm³/mol. The molecule has 1 aromatic rings. The molecular weight excluding hydrogens is 621 g/mol. The molecule has 3 unspecified atom stereocenters. The molecule has 2 amide bonds. The lowest BCUT2D eigenvalue weighted by Crippen LogP contribution is -2.57. The fourth-order valence-corrected chi connectivity index (χ4v) is 10.5. The van der Waals surface area contributed by atoms with E-state index in [0.717, 1.165) is 23.7 Å². The van der Waals surface area contributed by atoms with E-state index in [0.29, 0.717) is 10.6 Å². The van der Waals surface area contributed by atoms with Crippen molar-refractivity contribution in [2.45, 2.75) is 110 Å². The molecule has 1 saturated heterocycles. The highest BCUT2D eigenvalue weighted by atomic mass is 32.2. The molecule has 1 aliphatic rings. The maximum atomic E-state index is 14.6. The molecule has 252 valence electrons. The highest BCUT2D eigenvalue weighted by Gasteiger charge is 2.64. The summed E-state index contributed by atoms with van der Waals surface area (Å²) in [6.45, 7) is 20.7. The fraction of sp³-hybridized carbons (Fsp3) is 0.686. The molecule has 1 fully saturated rings. The van der Waals surface area contributed by atoms with Gasteiger partial charge in [-0.1, -0.05) is 83.1 Å². The second kappa shape index (κ2) is 17.0. The third kappa shape index (κ3) is 9.50. The average molecular weight is 677 g/mol. The normalized spacial score (nSPS) is 19.1. The Kier molecular flexibility index (Phi) is 15.0. The standard InChI is InChI=1S/C35H56N2O5S2Si/c1-11-41-35(26(5)6,42-25-36-33(7,8)21-23-38)29-28(34(9,10)44-32(43)27-19-16-15-17-20-27)30(39)37(31(29)40)22-18-24-45(12-2,13-3)14-4/h15-17,19-20,26,28-29,36,38H,11-14,21-23,25H2,1-10H3. The highest BCUT2D eigenvalue weighted by molar-refractivity contribution is 8.24. The molecule has 0 radical (unpaired) electrons. The number of hydrogen-bond donors (Lipinski definition) is 2. The first-order chi connectivity index (χ1) is 21.1. The van der Waals surface area contributed by atoms with Crippen LogP contribution >= 0.6 is 24.0 Å². The van der Waals surface area contributed by atoms with Crippen molar-refractivity contribution in [2.75, 3.05) is 26.5 Å². The summed E-state index contributed by atoms with van der Waals surface area (Å²) in [5.74, 6) is -0.725. The number of likely N-dealkylation sites (tertiary alicyclic amines) is 1. The van der Waals surface area contributed by atoms with Crippen LogP contribution in [0.5, 0.6) is 0 Å². The second-order valence-corrected chi connectivity index (χ2v) is 20.6. The Morgan fingerprint density at radius 3 is 2.11 bits per heavy atom. The molecule has 0 aromatic heterocycles. The van der Waals surface area contributed by atoms with Gasteiger partial charge in [0.25, 0.3) is 0 Å². The van der Waals surface area contributed by atoms with Gasteiger partial charge < -0.3 is 14.6 Å². The number of aliphatic hydroxyl groups excluding tert-OH is 1. The van der Waals surface area contributed by atoms with Crippen LogP contribution in [-0.2, 0) is 19.1 Å². The fourth-order valence-electron chi connectivity index (χ4n) is 6.10. The Morgan fingerprint density at radius 1 is 1.02 bits per heavy atom. The number of aliphatic hydroxyl groups is 1. The quantitative estimate of drug-likeness (QED) is 0.0625. The van der Waals surface area contributed by atoms with Gasteiger partial charge in [-0.2, -0.15) is 0 Å². The van der Waals surface area contributed by atoms with Crippen molar-refractivity contribution in [1.82, 2.24) is 10.2 Å². The topological polar surface area (TPSA) is 88.1 Å². The van der Waals surface area contributed by atoms with Gasteiger partial charge in [0.2, 0.25) is 11.8 Å². The highest BCUT2D eigenvalue weighted by Crippen LogP contribution is 2.50. The number of carbonyl (C=O) groups is 2. The van der Waals surface area contributed by atoms with Crippen LogP contribution in [0.15, 0.2) is 30.3 Å². The Hall–Kier alpha value is -1.58. The van der Waals surface area contributed by atoms with Crippen LogP contribution in [0.4, 0.5) is 0 Å². The number of ether oxygens (including phenoxy) is 2. The number of amides is 2. The Morgan fingerprint density at radius 2 is 1.60 bits per heavy atom. The number of thiocarbonyl (C=S) groups is 1. The molecule has 0 spiro atoms. The Balaban J connectivity index is 2.64. The van der Waals surface area contributed by atoms with Crippen LogP contribution < -0.4 is 5.32 Å². The number of carbonyl (C=O) groups excluding carboxylic acids is 2. The van der Waals surface area contributed by atoms with Crippen LogP contribution in [0.1, 0.15) is 81.2 Å². The van der Waals surface area contributed by atoms with Gasteiger partial charge in [0.05, 0.1) is 16.7 Å². The molecule has 0 saturated carbocycles. The number of rotatable bonds is 17. The van der Waals surface area contributed by atoms with Crippen molar-refractivity contribution in [3.05, 3.63) is 35.9 Å². The van der Waals surface area contributed by atoms with E-state index in [9.17, 15) is 14.7 Å². The molecule has 10 heteroatoms. The molecule has 3 atom stereocenters. The minimum Gasteiger partial charge on any atom is -0.396 e. The predicted octanol–water partition coefficient (Wildman–Crippen LogP) is 6.64. The van der Waals surface area contributed by atoms with E-state index in [-0.39, 0.29) is 44.2 Å². The monoisotopic (exact) mass is 676 g/mol. The maximum absolute atomic E-state index is 14.6. The second-order valence-electron chi connectivity index (χ2n) is 13.4. The summed E-state index contributed by atoms with van der Waals surface area (Å²) in [5.41, 5.74) is 4.03. The smallest absolute Gasteiger partial charge is 0.239 e. The average Bonchev–Trinajstić information content (AvgIpc) is 3.25. The minimum absolute atomic E-state index is 0.0272. The van der Waals surface area contributed by atoms with Gasteiger partial charge in [-0.05, 0) is 64.7 Å². The van der Waals surface area contributed by atoms with Crippen molar-refractivity contribution < 1.29 is 24.2 Å². The number of nitrogens with one attached hydrogen (secondary N) is 1. The van der Waals surface area contributed by atoms with Crippen molar-refractivity contribution in [3.63, 3.8) is 0 Å². The van der Waals surface area contributed by atoms with E-state index >= 15 is 0 Å². The zero-order valence-electron chi connectivity index (χ0n) is 29.1. The molecule has 2 N–H and O–H groups in total. The summed E-state index contributed by atoms with van der Waals surface area (Å²) < 4.78 is 12.9. The van der Waals surface area contributed by atoms with Crippen LogP contribution in [-0.4, -0.2) is 76.7 Å². The molecule has 2 rings (SSSR count). The SMILES string of the molecule is CCOC(OCNC(C)(C)CCO)(C(C)C)C1C(=O)N(CC#C[Si](CC)(CC)CC)C(=O)C1C(C)(C)SC(=S)c1ccccc1. The summed E-state index contributed by atoms with van der Waals surface area (Å²) in [7, 11) is -1.78. The number of nitrogens with zero attached hydrogens (tertiary/aromatic N) is 1. The molecule has 45 heavy (non-hydrogen) atoms. The van der Waals surface area contributed by atoms with Gasteiger partial charge in [-0.15, -0.1) is 17.3 Å². The summed E-state index contributed by atoms with van der Waals surface area (Å²) in [4.78, 5) is 30.4. The molecule has 7 nitrogen and oxygen atoms in total. The van der Waals surface area contributed by atoms with Crippen LogP contribution in [0.3, 0.4) is 0 Å². The largest absolute Gasteiger partial charge is 0.396 e. The summed E-state index contributed by atoms with van der Waals surface area (Å²) in [6.07, 6.45) is 0.522. The zero-order chi connectivity index (χ0) is 34.1. The van der Waals surface area contributed by atoms with Gasteiger partial charge in [-0.25, -0.2) is 0 Å². The number of hydrogen-bond acceptors (Lipinski definition) is 8. The van der Waals surface area contributed by atoms with Crippen molar-refractivity contribution >= 4 is 48.1 Å². The summed E-state index contributed by atoms with van der Waals surface area (Å²) in [5, 5.41) is 12.9. The number of thioether (sulfide) groups is 1. The van der Waals surface area contributed by atoms with Gasteiger partial charge >= 0.3 is 0 Å². The van der Waals surface area contributed by atoms with Gasteiger partial charge in [0.1, 0.15) is 20.7 Å². The zero-order valence-corrected chi connectivity index (χ0v) is 31.8. The van der Waals surface area contributed by atoms with Crippen LogP contribution in [0.2, 0.25) is 18.1 Å². The lowest BCUT2D eigenvalue weighted by Gasteiger charge is -2.45. The first-order valence-corrected chi connectivity index (χ1v) is 20.2. The summed E-state index contributed by atoms with van der Waals surface area (Å²) >= 11 is 7.30. The lowest BCUT2D eigenvalue weighted by molar-refractivity contribution is -0.292. The van der Waals surface area contributed by atoms with E-state index in [1.54, 1.807) is 0 Å². The van der Waals surface area contributed by atoms with Gasteiger partial charge in [0.15, 0.2) is 5.79 Å². The Labute approximate surface area is 283 Å². The van der Waals surface area contributed by atoms with E-state index < -0.39 is 36.0 Å². The Bertz CT molecular complexity index is 1200. The van der Waals surface area contributed by atoms with Crippen molar-refractivity contribution in [3.8, 4) is 11.5 Å². The number of benzene rings is 1.